The Morgan fingerprint density at radius 1 is 0.697 bits per heavy atom. The van der Waals surface area contributed by atoms with E-state index in [0.717, 1.165) is 34.2 Å². The Balaban J connectivity index is 1.69. The Kier molecular flexibility index (Phi) is 5.39. The van der Waals surface area contributed by atoms with Gasteiger partial charge in [0, 0.05) is 23.4 Å². The molecular formula is C27H20N4O2. The van der Waals surface area contributed by atoms with Gasteiger partial charge in [-0.05, 0) is 48.0 Å². The predicted octanol–water partition coefficient (Wildman–Crippen LogP) is 6.28. The fraction of sp³-hybridized carbons (Fsp3) is 0. The van der Waals surface area contributed by atoms with Crippen molar-refractivity contribution in [3.05, 3.63) is 142 Å². The molecule has 0 spiro atoms. The average Bonchev–Trinajstić information content (AvgIpc) is 3.25. The lowest BCUT2D eigenvalue weighted by atomic mass is 10.1. The summed E-state index contributed by atoms with van der Waals surface area (Å²) in [4.78, 5) is 12.8. The third-order valence-corrected chi connectivity index (χ3v) is 5.30. The van der Waals surface area contributed by atoms with Crippen molar-refractivity contribution >= 4 is 29.0 Å². The molecule has 0 aliphatic carbocycles. The molecule has 0 saturated heterocycles. The highest BCUT2D eigenvalue weighted by Gasteiger charge is 2.32. The van der Waals surface area contributed by atoms with Crippen LogP contribution >= 0.6 is 0 Å². The topological polar surface area (TPSA) is 62.0 Å². The maximum atomic E-state index is 11.1. The first-order chi connectivity index (χ1) is 16.2. The molecule has 0 amide bonds. The summed E-state index contributed by atoms with van der Waals surface area (Å²) in [6.45, 7) is 0. The van der Waals surface area contributed by atoms with Gasteiger partial charge in [-0.25, -0.2) is 5.01 Å². The number of hydrogen-bond acceptors (Lipinski definition) is 5. The second-order valence-corrected chi connectivity index (χ2v) is 7.46. The van der Waals surface area contributed by atoms with Crippen LogP contribution < -0.4 is 9.91 Å². The van der Waals surface area contributed by atoms with Gasteiger partial charge in [-0.15, -0.1) is 5.10 Å². The van der Waals surface area contributed by atoms with E-state index in [1.165, 1.54) is 12.1 Å². The van der Waals surface area contributed by atoms with Crippen molar-refractivity contribution < 1.29 is 4.92 Å². The van der Waals surface area contributed by atoms with E-state index in [1.807, 2.05) is 102 Å². The molecule has 6 heteroatoms. The lowest BCUT2D eigenvalue weighted by Gasteiger charge is -2.25. The smallest absolute Gasteiger partial charge is 0.269 e. The minimum absolute atomic E-state index is 0.0598. The normalized spacial score (nSPS) is 14.4. The van der Waals surface area contributed by atoms with E-state index in [-0.39, 0.29) is 5.69 Å². The monoisotopic (exact) mass is 432 g/mol. The minimum Gasteiger partial charge on any atom is -0.277 e. The Morgan fingerprint density at radius 2 is 1.24 bits per heavy atom. The summed E-state index contributed by atoms with van der Waals surface area (Å²) >= 11 is 0. The summed E-state index contributed by atoms with van der Waals surface area (Å²) in [5.74, 6) is 1.61. The number of hydrazone groups is 1. The van der Waals surface area contributed by atoms with Gasteiger partial charge in [0.05, 0.1) is 10.6 Å². The van der Waals surface area contributed by atoms with Gasteiger partial charge in [0.1, 0.15) is 5.82 Å². The van der Waals surface area contributed by atoms with Gasteiger partial charge < -0.3 is 0 Å². The van der Waals surface area contributed by atoms with E-state index in [1.54, 1.807) is 12.1 Å². The maximum absolute atomic E-state index is 11.1. The van der Waals surface area contributed by atoms with Crippen molar-refractivity contribution in [3.8, 4) is 0 Å². The zero-order valence-corrected chi connectivity index (χ0v) is 17.7. The van der Waals surface area contributed by atoms with Crippen LogP contribution in [0, 0.1) is 10.1 Å². The van der Waals surface area contributed by atoms with Crippen molar-refractivity contribution in [2.45, 2.75) is 0 Å². The third-order valence-electron chi connectivity index (χ3n) is 5.30. The molecule has 4 aromatic carbocycles. The SMILES string of the molecule is O=[N+]([O-])c1ccc(/C=C2\N(c3ccccc3)N=C(c3ccccc3)N2c2ccccc2)cc1. The van der Waals surface area contributed by atoms with Crippen molar-refractivity contribution in [1.82, 2.24) is 0 Å². The molecule has 0 radical (unpaired) electrons. The number of para-hydroxylation sites is 2. The van der Waals surface area contributed by atoms with E-state index in [4.69, 9.17) is 5.10 Å². The predicted molar refractivity (Wildman–Crippen MR) is 132 cm³/mol. The van der Waals surface area contributed by atoms with Crippen LogP contribution in [0.4, 0.5) is 17.1 Å². The summed E-state index contributed by atoms with van der Waals surface area (Å²) in [5, 5.41) is 18.0. The number of rotatable bonds is 5. The van der Waals surface area contributed by atoms with Gasteiger partial charge in [0.15, 0.2) is 5.84 Å². The highest BCUT2D eigenvalue weighted by Crippen LogP contribution is 2.35. The fourth-order valence-electron chi connectivity index (χ4n) is 3.73. The highest BCUT2D eigenvalue weighted by molar-refractivity contribution is 6.15. The summed E-state index contributed by atoms with van der Waals surface area (Å²) in [6.07, 6.45) is 1.99. The van der Waals surface area contributed by atoms with Crippen LogP contribution in [0.25, 0.3) is 6.08 Å². The second kappa shape index (κ2) is 8.80. The first-order valence-corrected chi connectivity index (χ1v) is 10.5. The van der Waals surface area contributed by atoms with Crippen LogP contribution in [-0.4, -0.2) is 10.8 Å². The van der Waals surface area contributed by atoms with E-state index in [0.29, 0.717) is 0 Å². The lowest BCUT2D eigenvalue weighted by Crippen LogP contribution is -2.29. The summed E-state index contributed by atoms with van der Waals surface area (Å²) in [5.41, 5.74) is 3.75. The van der Waals surface area contributed by atoms with Gasteiger partial charge >= 0.3 is 0 Å². The second-order valence-electron chi connectivity index (χ2n) is 7.46. The molecule has 1 heterocycles. The van der Waals surface area contributed by atoms with Gasteiger partial charge in [-0.3, -0.25) is 15.0 Å². The molecule has 0 N–H and O–H groups in total. The molecule has 0 fully saturated rings. The molecule has 0 aromatic heterocycles. The molecule has 160 valence electrons. The minimum atomic E-state index is -0.393. The number of nitro groups is 1. The largest absolute Gasteiger partial charge is 0.277 e. The zero-order chi connectivity index (χ0) is 22.6. The summed E-state index contributed by atoms with van der Waals surface area (Å²) < 4.78 is 0. The van der Waals surface area contributed by atoms with Crippen LogP contribution in [0.1, 0.15) is 11.1 Å². The Bertz CT molecular complexity index is 1320. The molecule has 0 saturated carbocycles. The number of anilines is 2. The van der Waals surface area contributed by atoms with Crippen molar-refractivity contribution in [2.24, 2.45) is 5.10 Å². The van der Waals surface area contributed by atoms with E-state index >= 15 is 0 Å². The number of non-ortho nitro benzene ring substituents is 1. The lowest BCUT2D eigenvalue weighted by molar-refractivity contribution is -0.384. The van der Waals surface area contributed by atoms with Crippen molar-refractivity contribution in [1.29, 1.82) is 0 Å². The quantitative estimate of drug-likeness (QED) is 0.275. The van der Waals surface area contributed by atoms with E-state index in [2.05, 4.69) is 4.90 Å². The number of amidine groups is 1. The van der Waals surface area contributed by atoms with Gasteiger partial charge in [0.2, 0.25) is 0 Å². The molecular weight excluding hydrogens is 412 g/mol. The third kappa shape index (κ3) is 4.09. The van der Waals surface area contributed by atoms with Crippen LogP contribution in [0.15, 0.2) is 126 Å². The molecule has 1 aliphatic rings. The summed E-state index contributed by atoms with van der Waals surface area (Å²) in [6, 6.07) is 36.5. The number of benzene rings is 4. The molecule has 0 atom stereocenters. The average molecular weight is 432 g/mol. The van der Waals surface area contributed by atoms with Crippen molar-refractivity contribution in [2.75, 3.05) is 9.91 Å². The van der Waals surface area contributed by atoms with Crippen LogP contribution in [0.2, 0.25) is 0 Å². The van der Waals surface area contributed by atoms with E-state index < -0.39 is 4.92 Å². The first-order valence-electron chi connectivity index (χ1n) is 10.5. The van der Waals surface area contributed by atoms with Gasteiger partial charge in [0.25, 0.3) is 5.69 Å². The molecule has 0 bridgehead atoms. The van der Waals surface area contributed by atoms with Gasteiger partial charge in [-0.2, -0.15) is 0 Å². The Morgan fingerprint density at radius 3 is 1.82 bits per heavy atom. The molecule has 0 unspecified atom stereocenters. The maximum Gasteiger partial charge on any atom is 0.269 e. The Labute approximate surface area is 191 Å². The van der Waals surface area contributed by atoms with Crippen LogP contribution in [0.5, 0.6) is 0 Å². The number of nitro benzene ring substituents is 1. The van der Waals surface area contributed by atoms with E-state index in [9.17, 15) is 10.1 Å². The standard InChI is InChI=1S/C27H20N4O2/c32-31(33)25-18-16-21(17-19-25)20-26-29(23-12-6-2-7-13-23)27(22-10-4-1-5-11-22)28-30(26)24-14-8-3-9-15-24/h1-20H/b26-20-. The molecule has 6 nitrogen and oxygen atoms in total. The zero-order valence-electron chi connectivity index (χ0n) is 17.7. The molecule has 33 heavy (non-hydrogen) atoms. The van der Waals surface area contributed by atoms with Gasteiger partial charge in [-0.1, -0.05) is 66.7 Å². The van der Waals surface area contributed by atoms with Crippen molar-refractivity contribution in [3.63, 3.8) is 0 Å². The first kappa shape index (κ1) is 20.2. The number of hydrogen-bond donors (Lipinski definition) is 0. The number of nitrogens with zero attached hydrogens (tertiary/aromatic N) is 4. The van der Waals surface area contributed by atoms with Crippen LogP contribution in [-0.2, 0) is 0 Å². The summed E-state index contributed by atoms with van der Waals surface area (Å²) in [7, 11) is 0. The van der Waals surface area contributed by atoms with Crippen LogP contribution in [0.3, 0.4) is 0 Å². The molecule has 1 aliphatic heterocycles. The molecule has 5 rings (SSSR count). The fourth-order valence-corrected chi connectivity index (χ4v) is 3.73. The Hall–Kier alpha value is -4.71. The molecule has 4 aromatic rings. The highest BCUT2D eigenvalue weighted by atomic mass is 16.6.